The highest BCUT2D eigenvalue weighted by molar-refractivity contribution is 5.91. The Labute approximate surface area is 140 Å². The molecular weight excluding hydrogens is 308 g/mol. The molecule has 0 aliphatic heterocycles. The third-order valence-corrected chi connectivity index (χ3v) is 3.43. The zero-order valence-electron chi connectivity index (χ0n) is 13.7. The lowest BCUT2D eigenvalue weighted by molar-refractivity contribution is -0.125. The summed E-state index contributed by atoms with van der Waals surface area (Å²) in [4.78, 5) is 24.4. The number of primary amides is 1. The van der Waals surface area contributed by atoms with E-state index < -0.39 is 5.91 Å². The van der Waals surface area contributed by atoms with Crippen molar-refractivity contribution in [2.45, 2.75) is 13.5 Å². The minimum Gasteiger partial charge on any atom is -0.484 e. The molecule has 2 N–H and O–H groups in total. The summed E-state index contributed by atoms with van der Waals surface area (Å²) in [7, 11) is 1.74. The lowest BCUT2D eigenvalue weighted by Crippen LogP contribution is -2.24. The van der Waals surface area contributed by atoms with Crippen LogP contribution >= 0.6 is 0 Å². The van der Waals surface area contributed by atoms with Gasteiger partial charge in [-0.05, 0) is 36.8 Å². The first-order valence-electron chi connectivity index (χ1n) is 7.43. The van der Waals surface area contributed by atoms with Crippen LogP contribution in [0.5, 0.6) is 5.75 Å². The Kier molecular flexibility index (Phi) is 5.78. The molecule has 0 saturated heterocycles. The fraction of sp³-hybridized carbons (Fsp3) is 0.222. The molecule has 2 rings (SSSR count). The number of aryl methyl sites for hydroxylation is 1. The molecule has 126 valence electrons. The van der Waals surface area contributed by atoms with E-state index in [1.165, 1.54) is 6.08 Å². The average Bonchev–Trinajstić information content (AvgIpc) is 2.96. The van der Waals surface area contributed by atoms with Gasteiger partial charge in [0.15, 0.2) is 6.61 Å². The maximum atomic E-state index is 12.1. The minimum atomic E-state index is -0.527. The van der Waals surface area contributed by atoms with Crippen LogP contribution in [0.15, 0.2) is 47.1 Å². The van der Waals surface area contributed by atoms with Crippen molar-refractivity contribution in [3.8, 4) is 5.75 Å². The molecule has 0 spiro atoms. The Hall–Kier alpha value is -3.02. The van der Waals surface area contributed by atoms with E-state index in [2.05, 4.69) is 0 Å². The molecule has 2 amide bonds. The minimum absolute atomic E-state index is 0.107. The van der Waals surface area contributed by atoms with Gasteiger partial charge in [-0.25, -0.2) is 0 Å². The molecule has 1 heterocycles. The van der Waals surface area contributed by atoms with Crippen LogP contribution in [0.25, 0.3) is 6.08 Å². The summed E-state index contributed by atoms with van der Waals surface area (Å²) in [5.41, 5.74) is 6.85. The fourth-order valence-electron chi connectivity index (χ4n) is 2.03. The van der Waals surface area contributed by atoms with Crippen LogP contribution in [0.4, 0.5) is 0 Å². The molecule has 2 aromatic rings. The van der Waals surface area contributed by atoms with E-state index >= 15 is 0 Å². The number of hydrogen-bond acceptors (Lipinski definition) is 4. The number of carbonyl (C=O) groups is 2. The highest BCUT2D eigenvalue weighted by Crippen LogP contribution is 2.14. The lowest BCUT2D eigenvalue weighted by Gasteiger charge is -2.14. The van der Waals surface area contributed by atoms with Gasteiger partial charge in [-0.1, -0.05) is 12.1 Å². The standard InChI is InChI=1S/C18H20N2O4/c1-13-15(9-10-23-13)11-20(2)18(22)8-5-14-3-6-16(7-4-14)24-12-17(19)21/h3-10H,11-12H2,1-2H3,(H2,19,21)/b8-5-. The van der Waals surface area contributed by atoms with Crippen molar-refractivity contribution in [2.24, 2.45) is 5.73 Å². The second-order valence-electron chi connectivity index (χ2n) is 5.35. The van der Waals surface area contributed by atoms with Crippen molar-refractivity contribution in [3.63, 3.8) is 0 Å². The summed E-state index contributed by atoms with van der Waals surface area (Å²) in [5, 5.41) is 0. The number of benzene rings is 1. The average molecular weight is 328 g/mol. The van der Waals surface area contributed by atoms with E-state index in [9.17, 15) is 9.59 Å². The summed E-state index contributed by atoms with van der Waals surface area (Å²) in [6, 6.07) is 8.87. The number of nitrogens with zero attached hydrogens (tertiary/aromatic N) is 1. The molecular formula is C18H20N2O4. The van der Waals surface area contributed by atoms with E-state index in [1.807, 2.05) is 13.0 Å². The third-order valence-electron chi connectivity index (χ3n) is 3.43. The van der Waals surface area contributed by atoms with Crippen LogP contribution in [-0.2, 0) is 16.1 Å². The first kappa shape index (κ1) is 17.3. The maximum absolute atomic E-state index is 12.1. The fourth-order valence-corrected chi connectivity index (χ4v) is 2.03. The number of rotatable bonds is 7. The molecule has 1 aromatic carbocycles. The molecule has 0 fully saturated rings. The second kappa shape index (κ2) is 8.01. The monoisotopic (exact) mass is 328 g/mol. The van der Waals surface area contributed by atoms with E-state index in [4.69, 9.17) is 14.9 Å². The van der Waals surface area contributed by atoms with Gasteiger partial charge in [-0.3, -0.25) is 9.59 Å². The number of hydrogen-bond donors (Lipinski definition) is 1. The van der Waals surface area contributed by atoms with Crippen LogP contribution in [0.3, 0.4) is 0 Å². The molecule has 0 aliphatic rings. The number of ether oxygens (including phenoxy) is 1. The Morgan fingerprint density at radius 3 is 2.54 bits per heavy atom. The first-order valence-corrected chi connectivity index (χ1v) is 7.43. The Bertz CT molecular complexity index is 732. The lowest BCUT2D eigenvalue weighted by atomic mass is 10.2. The zero-order chi connectivity index (χ0) is 17.5. The molecule has 0 radical (unpaired) electrons. The van der Waals surface area contributed by atoms with Crippen LogP contribution in [0, 0.1) is 6.92 Å². The SMILES string of the molecule is Cc1occc1CN(C)C(=O)/C=C\c1ccc(OCC(N)=O)cc1. The van der Waals surface area contributed by atoms with Gasteiger partial charge in [-0.15, -0.1) is 0 Å². The van der Waals surface area contributed by atoms with Crippen LogP contribution in [-0.4, -0.2) is 30.4 Å². The van der Waals surface area contributed by atoms with Gasteiger partial charge in [0.05, 0.1) is 6.26 Å². The topological polar surface area (TPSA) is 85.8 Å². The van der Waals surface area contributed by atoms with Crippen molar-refractivity contribution in [1.29, 1.82) is 0 Å². The molecule has 6 heteroatoms. The van der Waals surface area contributed by atoms with Gasteiger partial charge in [-0.2, -0.15) is 0 Å². The largest absolute Gasteiger partial charge is 0.484 e. The van der Waals surface area contributed by atoms with Crippen molar-refractivity contribution in [2.75, 3.05) is 13.7 Å². The van der Waals surface area contributed by atoms with Gasteiger partial charge in [0.2, 0.25) is 5.91 Å². The molecule has 1 aromatic heterocycles. The first-order chi connectivity index (χ1) is 11.5. The Morgan fingerprint density at radius 1 is 1.25 bits per heavy atom. The number of amides is 2. The van der Waals surface area contributed by atoms with E-state index in [0.29, 0.717) is 12.3 Å². The molecule has 0 bridgehead atoms. The maximum Gasteiger partial charge on any atom is 0.255 e. The molecule has 0 atom stereocenters. The van der Waals surface area contributed by atoms with Crippen LogP contribution < -0.4 is 10.5 Å². The second-order valence-corrected chi connectivity index (χ2v) is 5.35. The number of carbonyl (C=O) groups excluding carboxylic acids is 2. The quantitative estimate of drug-likeness (QED) is 0.789. The number of furan rings is 1. The predicted molar refractivity (Wildman–Crippen MR) is 90.1 cm³/mol. The van der Waals surface area contributed by atoms with E-state index in [1.54, 1.807) is 48.6 Å². The molecule has 0 unspecified atom stereocenters. The van der Waals surface area contributed by atoms with E-state index in [-0.39, 0.29) is 12.5 Å². The smallest absolute Gasteiger partial charge is 0.255 e. The van der Waals surface area contributed by atoms with Gasteiger partial charge < -0.3 is 19.8 Å². The Morgan fingerprint density at radius 2 is 1.96 bits per heavy atom. The Balaban J connectivity index is 1.90. The van der Waals surface area contributed by atoms with Crippen molar-refractivity contribution in [1.82, 2.24) is 4.90 Å². The van der Waals surface area contributed by atoms with Crippen molar-refractivity contribution in [3.05, 3.63) is 59.6 Å². The predicted octanol–water partition coefficient (Wildman–Crippen LogP) is 2.12. The summed E-state index contributed by atoms with van der Waals surface area (Å²) >= 11 is 0. The van der Waals surface area contributed by atoms with Crippen LogP contribution in [0.2, 0.25) is 0 Å². The van der Waals surface area contributed by atoms with Gasteiger partial charge in [0, 0.05) is 25.2 Å². The highest BCUT2D eigenvalue weighted by atomic mass is 16.5. The molecule has 0 saturated carbocycles. The zero-order valence-corrected chi connectivity index (χ0v) is 13.7. The third kappa shape index (κ3) is 5.01. The number of likely N-dealkylation sites (N-methyl/N-ethyl adjacent to an activating group) is 1. The van der Waals surface area contributed by atoms with E-state index in [0.717, 1.165) is 16.9 Å². The summed E-state index contributed by atoms with van der Waals surface area (Å²) < 4.78 is 10.4. The van der Waals surface area contributed by atoms with Crippen molar-refractivity contribution < 1.29 is 18.7 Å². The summed E-state index contributed by atoms with van der Waals surface area (Å²) in [6.07, 6.45) is 4.84. The highest BCUT2D eigenvalue weighted by Gasteiger charge is 2.09. The summed E-state index contributed by atoms with van der Waals surface area (Å²) in [6.45, 7) is 2.20. The molecule has 0 aliphatic carbocycles. The van der Waals surface area contributed by atoms with Crippen LogP contribution in [0.1, 0.15) is 16.9 Å². The molecule has 24 heavy (non-hydrogen) atoms. The van der Waals surface area contributed by atoms with Gasteiger partial charge >= 0.3 is 0 Å². The van der Waals surface area contributed by atoms with Gasteiger partial charge in [0.25, 0.3) is 5.91 Å². The molecule has 6 nitrogen and oxygen atoms in total. The summed E-state index contributed by atoms with van der Waals surface area (Å²) in [5.74, 6) is 0.722. The van der Waals surface area contributed by atoms with Crippen molar-refractivity contribution >= 4 is 17.9 Å². The van der Waals surface area contributed by atoms with Gasteiger partial charge in [0.1, 0.15) is 11.5 Å². The number of nitrogens with two attached hydrogens (primary N) is 1. The normalized spacial score (nSPS) is 10.8.